The summed E-state index contributed by atoms with van der Waals surface area (Å²) in [6.07, 6.45) is 0. The van der Waals surface area contributed by atoms with Gasteiger partial charge in [-0.25, -0.2) is 0 Å². The fraction of sp³-hybridized carbons (Fsp3) is 0.571. The van der Waals surface area contributed by atoms with E-state index in [4.69, 9.17) is 4.74 Å². The van der Waals surface area contributed by atoms with Gasteiger partial charge in [0.25, 0.3) is 0 Å². The fourth-order valence-electron chi connectivity index (χ4n) is 1.46. The molecular weight excluding hydrogens is 198 g/mol. The first-order valence-electron chi connectivity index (χ1n) is 6.22. The Morgan fingerprint density at radius 1 is 1.12 bits per heavy atom. The highest BCUT2D eigenvalue weighted by atomic mass is 16.5. The van der Waals surface area contributed by atoms with Crippen LogP contribution in [-0.2, 0) is 0 Å². The normalized spacial score (nSPS) is 12.2. The summed E-state index contributed by atoms with van der Waals surface area (Å²) in [7, 11) is 2.10. The molecule has 0 bridgehead atoms. The molecule has 0 fully saturated rings. The number of aryl methyl sites for hydroxylation is 1. The smallest absolute Gasteiger partial charge is 0.142 e. The van der Waals surface area contributed by atoms with E-state index in [0.717, 1.165) is 18.9 Å². The lowest BCUT2D eigenvalue weighted by atomic mass is 10.2. The van der Waals surface area contributed by atoms with E-state index in [1.54, 1.807) is 0 Å². The molecule has 0 saturated heterocycles. The van der Waals surface area contributed by atoms with Gasteiger partial charge in [0.1, 0.15) is 12.4 Å². The highest BCUT2D eigenvalue weighted by molar-refractivity contribution is 5.60. The van der Waals surface area contributed by atoms with Crippen LogP contribution in [0.2, 0.25) is 0 Å². The van der Waals surface area contributed by atoms with Crippen molar-refractivity contribution in [3.63, 3.8) is 0 Å². The summed E-state index contributed by atoms with van der Waals surface area (Å²) < 4.78 is 5.51. The Bertz CT molecular complexity index is 297. The van der Waals surface area contributed by atoms with Gasteiger partial charge in [0.05, 0.1) is 12.2 Å². The molecule has 1 aliphatic heterocycles. The molecule has 0 saturated carbocycles. The molecule has 0 radical (unpaired) electrons. The largest absolute Gasteiger partial charge is 0.490 e. The third-order valence-corrected chi connectivity index (χ3v) is 2.21. The maximum Gasteiger partial charge on any atom is 0.142 e. The average Bonchev–Trinajstić information content (AvgIpc) is 2.35. The molecular formula is C14H25NO. The lowest BCUT2D eigenvalue weighted by Gasteiger charge is -2.27. The first kappa shape index (κ1) is 14.8. The number of rotatable bonds is 0. The summed E-state index contributed by atoms with van der Waals surface area (Å²) >= 11 is 0. The van der Waals surface area contributed by atoms with Crippen LogP contribution in [0.1, 0.15) is 33.3 Å². The molecule has 1 heterocycles. The van der Waals surface area contributed by atoms with Crippen molar-refractivity contribution in [2.24, 2.45) is 0 Å². The Balaban J connectivity index is 0.000000509. The number of hydrogen-bond donors (Lipinski definition) is 0. The van der Waals surface area contributed by atoms with Crippen molar-refractivity contribution < 1.29 is 4.74 Å². The zero-order valence-corrected chi connectivity index (χ0v) is 11.5. The van der Waals surface area contributed by atoms with E-state index in [9.17, 15) is 0 Å². The van der Waals surface area contributed by atoms with Crippen molar-refractivity contribution in [3.8, 4) is 5.75 Å². The first-order chi connectivity index (χ1) is 7.77. The van der Waals surface area contributed by atoms with Gasteiger partial charge >= 0.3 is 0 Å². The van der Waals surface area contributed by atoms with Gasteiger partial charge in [-0.15, -0.1) is 0 Å². The van der Waals surface area contributed by atoms with Crippen LogP contribution in [0.25, 0.3) is 0 Å². The third kappa shape index (κ3) is 3.76. The number of ether oxygens (including phenoxy) is 1. The van der Waals surface area contributed by atoms with Gasteiger partial charge in [-0.2, -0.15) is 0 Å². The predicted molar refractivity (Wildman–Crippen MR) is 72.6 cm³/mol. The van der Waals surface area contributed by atoms with Crippen LogP contribution in [0.5, 0.6) is 5.75 Å². The van der Waals surface area contributed by atoms with Crippen LogP contribution in [0.15, 0.2) is 18.2 Å². The minimum absolute atomic E-state index is 0.798. The highest BCUT2D eigenvalue weighted by Gasteiger charge is 2.13. The molecule has 0 atom stereocenters. The van der Waals surface area contributed by atoms with Crippen LogP contribution < -0.4 is 9.64 Å². The van der Waals surface area contributed by atoms with Crippen molar-refractivity contribution >= 4 is 5.69 Å². The molecule has 0 amide bonds. The van der Waals surface area contributed by atoms with E-state index in [1.807, 2.05) is 33.8 Å². The van der Waals surface area contributed by atoms with Crippen molar-refractivity contribution in [2.75, 3.05) is 25.1 Å². The Morgan fingerprint density at radius 3 is 2.38 bits per heavy atom. The van der Waals surface area contributed by atoms with E-state index in [-0.39, 0.29) is 0 Å². The van der Waals surface area contributed by atoms with Gasteiger partial charge in [-0.3, -0.25) is 0 Å². The van der Waals surface area contributed by atoms with Crippen LogP contribution in [0.3, 0.4) is 0 Å². The fourth-order valence-corrected chi connectivity index (χ4v) is 1.46. The molecule has 0 aliphatic carbocycles. The summed E-state index contributed by atoms with van der Waals surface area (Å²) in [5.74, 6) is 1.01. The number of likely N-dealkylation sites (N-methyl/N-ethyl adjacent to an activating group) is 1. The zero-order chi connectivity index (χ0) is 12.6. The van der Waals surface area contributed by atoms with E-state index < -0.39 is 0 Å². The second kappa shape index (κ2) is 8.03. The van der Waals surface area contributed by atoms with Crippen molar-refractivity contribution in [3.05, 3.63) is 23.8 Å². The summed E-state index contributed by atoms with van der Waals surface area (Å²) in [5, 5.41) is 0. The lowest BCUT2D eigenvalue weighted by Crippen LogP contribution is -2.28. The minimum atomic E-state index is 0.798. The molecule has 0 unspecified atom stereocenters. The van der Waals surface area contributed by atoms with Crippen molar-refractivity contribution in [1.29, 1.82) is 0 Å². The summed E-state index contributed by atoms with van der Waals surface area (Å²) in [4.78, 5) is 2.23. The van der Waals surface area contributed by atoms with Gasteiger partial charge in [0.2, 0.25) is 0 Å². The lowest BCUT2D eigenvalue weighted by molar-refractivity contribution is 0.311. The molecule has 0 N–H and O–H groups in total. The molecule has 0 spiro atoms. The topological polar surface area (TPSA) is 12.5 Å². The SMILES string of the molecule is CC.CC.Cc1ccc2c(c1)N(C)CCO2. The molecule has 92 valence electrons. The Labute approximate surface area is 100 Å². The molecule has 2 nitrogen and oxygen atoms in total. The second-order valence-corrected chi connectivity index (χ2v) is 3.24. The quantitative estimate of drug-likeness (QED) is 0.662. The van der Waals surface area contributed by atoms with Gasteiger partial charge in [-0.1, -0.05) is 33.8 Å². The Hall–Kier alpha value is -1.18. The summed E-state index contributed by atoms with van der Waals surface area (Å²) in [6, 6.07) is 6.28. The summed E-state index contributed by atoms with van der Waals surface area (Å²) in [6.45, 7) is 11.9. The standard InChI is InChI=1S/C10H13NO.2C2H6/c1-8-3-4-10-9(7-8)11(2)5-6-12-10;2*1-2/h3-4,7H,5-6H2,1-2H3;2*1-2H3. The second-order valence-electron chi connectivity index (χ2n) is 3.24. The molecule has 1 aromatic carbocycles. The van der Waals surface area contributed by atoms with Gasteiger partial charge in [0, 0.05) is 7.05 Å². The monoisotopic (exact) mass is 223 g/mol. The average molecular weight is 223 g/mol. The third-order valence-electron chi connectivity index (χ3n) is 2.21. The van der Waals surface area contributed by atoms with Crippen LogP contribution in [0.4, 0.5) is 5.69 Å². The molecule has 0 aromatic heterocycles. The van der Waals surface area contributed by atoms with E-state index >= 15 is 0 Å². The van der Waals surface area contributed by atoms with Gasteiger partial charge in [-0.05, 0) is 24.6 Å². The Kier molecular flexibility index (Phi) is 7.44. The number of nitrogens with zero attached hydrogens (tertiary/aromatic N) is 1. The predicted octanol–water partition coefficient (Wildman–Crippen LogP) is 3.88. The number of benzene rings is 1. The van der Waals surface area contributed by atoms with E-state index in [0.29, 0.717) is 0 Å². The van der Waals surface area contributed by atoms with E-state index in [1.165, 1.54) is 11.3 Å². The number of anilines is 1. The number of fused-ring (bicyclic) bond motifs is 1. The molecule has 1 aliphatic rings. The highest BCUT2D eigenvalue weighted by Crippen LogP contribution is 2.30. The maximum absolute atomic E-state index is 5.51. The van der Waals surface area contributed by atoms with Crippen molar-refractivity contribution in [1.82, 2.24) is 0 Å². The number of hydrogen-bond acceptors (Lipinski definition) is 2. The molecule has 2 rings (SSSR count). The van der Waals surface area contributed by atoms with Gasteiger partial charge in [0.15, 0.2) is 0 Å². The Morgan fingerprint density at radius 2 is 1.75 bits per heavy atom. The first-order valence-corrected chi connectivity index (χ1v) is 6.22. The molecule has 2 heteroatoms. The van der Waals surface area contributed by atoms with Gasteiger partial charge < -0.3 is 9.64 Å². The zero-order valence-electron chi connectivity index (χ0n) is 11.5. The minimum Gasteiger partial charge on any atom is -0.490 e. The van der Waals surface area contributed by atoms with Crippen LogP contribution >= 0.6 is 0 Å². The van der Waals surface area contributed by atoms with Crippen LogP contribution in [-0.4, -0.2) is 20.2 Å². The summed E-state index contributed by atoms with van der Waals surface area (Å²) in [5.41, 5.74) is 2.49. The van der Waals surface area contributed by atoms with Crippen molar-refractivity contribution in [2.45, 2.75) is 34.6 Å². The van der Waals surface area contributed by atoms with E-state index in [2.05, 4.69) is 31.0 Å². The molecule has 1 aromatic rings. The molecule has 16 heavy (non-hydrogen) atoms. The van der Waals surface area contributed by atoms with Crippen LogP contribution in [0, 0.1) is 6.92 Å². The maximum atomic E-state index is 5.51.